The number of rotatable bonds is 3. The number of ether oxygens (including phenoxy) is 4. The molecule has 1 aromatic heterocycles. The molecular formula is C35H47N3O7. The van der Waals surface area contributed by atoms with Gasteiger partial charge in [-0.1, -0.05) is 33.6 Å². The van der Waals surface area contributed by atoms with E-state index in [2.05, 4.69) is 0 Å². The first-order valence-electron chi connectivity index (χ1n) is 16.6. The topological polar surface area (TPSA) is 117 Å². The van der Waals surface area contributed by atoms with Gasteiger partial charge in [0, 0.05) is 13.2 Å². The summed E-state index contributed by atoms with van der Waals surface area (Å²) < 4.78 is 24.0. The SMILES string of the molecule is COc1ccc2nc3c(nc2c1)O[C@H]1CN(C(=O)[C@H](C(C)(C)C)CC(=O)O[C@@H]2[C@H]4CC[C@H](C4)[C@H]2CCCCC3)[C@H](C=O)[C@@H]1OC. The molecule has 2 saturated carbocycles. The van der Waals surface area contributed by atoms with E-state index in [1.807, 2.05) is 39.0 Å². The smallest absolute Gasteiger partial charge is 0.306 e. The molecule has 1 aromatic carbocycles. The van der Waals surface area contributed by atoms with Crippen LogP contribution in [-0.4, -0.2) is 78.1 Å². The zero-order chi connectivity index (χ0) is 31.9. The van der Waals surface area contributed by atoms with E-state index in [-0.39, 0.29) is 30.9 Å². The Morgan fingerprint density at radius 2 is 1.78 bits per heavy atom. The van der Waals surface area contributed by atoms with Gasteiger partial charge in [0.15, 0.2) is 0 Å². The number of benzene rings is 1. The zero-order valence-electron chi connectivity index (χ0n) is 27.2. The van der Waals surface area contributed by atoms with Crippen molar-refractivity contribution in [2.75, 3.05) is 20.8 Å². The van der Waals surface area contributed by atoms with Crippen LogP contribution in [-0.2, 0) is 30.3 Å². The molecule has 8 atom stereocenters. The van der Waals surface area contributed by atoms with Crippen LogP contribution < -0.4 is 9.47 Å². The number of esters is 1. The summed E-state index contributed by atoms with van der Waals surface area (Å²) in [5, 5.41) is 0. The van der Waals surface area contributed by atoms with E-state index in [9.17, 15) is 14.4 Å². The fourth-order valence-corrected chi connectivity index (χ4v) is 8.30. The maximum absolute atomic E-state index is 14.3. The second-order valence-corrected chi connectivity index (χ2v) is 14.5. The normalized spacial score (nSPS) is 32.7. The Morgan fingerprint density at radius 3 is 2.51 bits per heavy atom. The molecule has 1 amide bonds. The van der Waals surface area contributed by atoms with Gasteiger partial charge in [0.2, 0.25) is 11.8 Å². The highest BCUT2D eigenvalue weighted by molar-refractivity contribution is 5.87. The predicted octanol–water partition coefficient (Wildman–Crippen LogP) is 4.94. The molecule has 0 spiro atoms. The average Bonchev–Trinajstić information content (AvgIpc) is 3.72. The lowest BCUT2D eigenvalue weighted by Gasteiger charge is -2.35. The van der Waals surface area contributed by atoms with Crippen LogP contribution in [0.2, 0.25) is 0 Å². The van der Waals surface area contributed by atoms with Crippen LogP contribution in [0.25, 0.3) is 11.0 Å². The molecule has 244 valence electrons. The summed E-state index contributed by atoms with van der Waals surface area (Å²) >= 11 is 0. The van der Waals surface area contributed by atoms with Gasteiger partial charge in [0.25, 0.3) is 0 Å². The Labute approximate surface area is 265 Å². The van der Waals surface area contributed by atoms with E-state index in [0.717, 1.165) is 56.0 Å². The maximum Gasteiger partial charge on any atom is 0.306 e. The molecule has 2 aliphatic carbocycles. The van der Waals surface area contributed by atoms with Crippen molar-refractivity contribution in [3.05, 3.63) is 23.9 Å². The molecular weight excluding hydrogens is 574 g/mol. The van der Waals surface area contributed by atoms with E-state index in [1.165, 1.54) is 18.4 Å². The highest BCUT2D eigenvalue weighted by Crippen LogP contribution is 2.52. The van der Waals surface area contributed by atoms with Gasteiger partial charge in [-0.05, 0) is 73.8 Å². The van der Waals surface area contributed by atoms with Crippen molar-refractivity contribution < 1.29 is 33.3 Å². The lowest BCUT2D eigenvalue weighted by atomic mass is 9.77. The number of fused-ring (bicyclic) bond motifs is 9. The standard InChI is InChI=1S/C35H47N3O7/c1-35(2,3)24-17-30(40)45-31-21-12-11-20(15-21)23(31)9-7-6-8-10-26-33(37-27-16-22(42-4)13-14-25(27)36-26)44-29-18-38(34(24)41)28(19-39)32(29)43-5/h13-14,16,19-21,23-24,28-29,31-32H,6-12,15,17-18H2,1-5H3/t20-,21+,23-,24-,28-,29+,31-,32+/m1/s1. The molecule has 2 aliphatic heterocycles. The van der Waals surface area contributed by atoms with Crippen LogP contribution >= 0.6 is 0 Å². The van der Waals surface area contributed by atoms with Crippen molar-refractivity contribution in [1.82, 2.24) is 14.9 Å². The van der Waals surface area contributed by atoms with Crippen molar-refractivity contribution in [1.29, 1.82) is 0 Å². The van der Waals surface area contributed by atoms with Crippen molar-refractivity contribution in [3.63, 3.8) is 0 Å². The number of aryl methyl sites for hydroxylation is 1. The molecule has 4 aliphatic rings. The minimum absolute atomic E-state index is 0.0314. The van der Waals surface area contributed by atoms with Crippen LogP contribution in [0, 0.1) is 29.1 Å². The van der Waals surface area contributed by atoms with Crippen molar-refractivity contribution in [2.24, 2.45) is 29.1 Å². The molecule has 4 bridgehead atoms. The van der Waals surface area contributed by atoms with Gasteiger partial charge in [-0.15, -0.1) is 0 Å². The van der Waals surface area contributed by atoms with Gasteiger partial charge in [0.05, 0.1) is 37.0 Å². The lowest BCUT2D eigenvalue weighted by Crippen LogP contribution is -2.47. The quantitative estimate of drug-likeness (QED) is 0.347. The maximum atomic E-state index is 14.3. The Balaban J connectivity index is 1.37. The fraction of sp³-hybridized carbons (Fsp3) is 0.686. The Hall–Kier alpha value is -3.27. The number of nitrogens with zero attached hydrogens (tertiary/aromatic N) is 3. The number of amides is 1. The number of carbonyl (C=O) groups is 3. The molecule has 3 fully saturated rings. The number of aromatic nitrogens is 2. The minimum atomic E-state index is -0.873. The first kappa shape index (κ1) is 31.7. The molecule has 3 heterocycles. The molecule has 10 nitrogen and oxygen atoms in total. The number of methoxy groups -OCH3 is 2. The van der Waals surface area contributed by atoms with E-state index in [1.54, 1.807) is 7.11 Å². The summed E-state index contributed by atoms with van der Waals surface area (Å²) in [5.74, 6) is 1.15. The minimum Gasteiger partial charge on any atom is -0.497 e. The average molecular weight is 622 g/mol. The highest BCUT2D eigenvalue weighted by Gasteiger charge is 2.51. The van der Waals surface area contributed by atoms with Gasteiger partial charge in [0.1, 0.15) is 42.1 Å². The third kappa shape index (κ3) is 6.27. The second-order valence-electron chi connectivity index (χ2n) is 14.5. The third-order valence-corrected chi connectivity index (χ3v) is 10.7. The van der Waals surface area contributed by atoms with Gasteiger partial charge >= 0.3 is 5.97 Å². The van der Waals surface area contributed by atoms with Gasteiger partial charge in [-0.25, -0.2) is 9.97 Å². The molecule has 0 unspecified atom stereocenters. The number of aldehydes is 1. The fourth-order valence-electron chi connectivity index (χ4n) is 8.30. The molecule has 2 aromatic rings. The van der Waals surface area contributed by atoms with Crippen molar-refractivity contribution in [2.45, 2.75) is 103 Å². The van der Waals surface area contributed by atoms with E-state index < -0.39 is 29.6 Å². The first-order valence-corrected chi connectivity index (χ1v) is 16.6. The van der Waals surface area contributed by atoms with Crippen LogP contribution in [0.4, 0.5) is 0 Å². The highest BCUT2D eigenvalue weighted by atomic mass is 16.6. The van der Waals surface area contributed by atoms with Gasteiger partial charge in [-0.2, -0.15) is 0 Å². The summed E-state index contributed by atoms with van der Waals surface area (Å²) in [6, 6.07) is 4.71. The largest absolute Gasteiger partial charge is 0.497 e. The molecule has 10 heteroatoms. The van der Waals surface area contributed by atoms with Crippen LogP contribution in [0.3, 0.4) is 0 Å². The summed E-state index contributed by atoms with van der Waals surface area (Å²) in [6.45, 7) is 5.98. The second kappa shape index (κ2) is 12.9. The van der Waals surface area contributed by atoms with E-state index in [0.29, 0.717) is 41.3 Å². The summed E-state index contributed by atoms with van der Waals surface area (Å²) in [6.07, 6.45) is 7.36. The van der Waals surface area contributed by atoms with Gasteiger partial charge < -0.3 is 28.6 Å². The number of hydrogen-bond donors (Lipinski definition) is 0. The molecule has 0 radical (unpaired) electrons. The van der Waals surface area contributed by atoms with Crippen molar-refractivity contribution >= 4 is 29.2 Å². The van der Waals surface area contributed by atoms with Crippen molar-refractivity contribution in [3.8, 4) is 11.6 Å². The Kier molecular flexibility index (Phi) is 9.05. The molecule has 0 N–H and O–H groups in total. The Bertz CT molecular complexity index is 1420. The lowest BCUT2D eigenvalue weighted by molar-refractivity contribution is -0.161. The van der Waals surface area contributed by atoms with Crippen LogP contribution in [0.1, 0.15) is 77.8 Å². The Morgan fingerprint density at radius 1 is 0.978 bits per heavy atom. The first-order chi connectivity index (χ1) is 21.6. The zero-order valence-corrected chi connectivity index (χ0v) is 27.2. The predicted molar refractivity (Wildman–Crippen MR) is 167 cm³/mol. The van der Waals surface area contributed by atoms with E-state index in [4.69, 9.17) is 28.9 Å². The number of hydrogen-bond acceptors (Lipinski definition) is 9. The monoisotopic (exact) mass is 621 g/mol. The van der Waals surface area contributed by atoms with Crippen LogP contribution in [0.15, 0.2) is 18.2 Å². The molecule has 6 rings (SSSR count). The molecule has 45 heavy (non-hydrogen) atoms. The number of carbonyl (C=O) groups excluding carboxylic acids is 3. The third-order valence-electron chi connectivity index (χ3n) is 10.7. The summed E-state index contributed by atoms with van der Waals surface area (Å²) in [4.78, 5) is 51.7. The summed E-state index contributed by atoms with van der Waals surface area (Å²) in [5.41, 5.74) is 1.58. The van der Waals surface area contributed by atoms with Crippen LogP contribution in [0.5, 0.6) is 11.6 Å². The van der Waals surface area contributed by atoms with Gasteiger partial charge in [-0.3, -0.25) is 9.59 Å². The van der Waals surface area contributed by atoms with E-state index >= 15 is 0 Å². The summed E-state index contributed by atoms with van der Waals surface area (Å²) in [7, 11) is 3.12. The molecule has 1 saturated heterocycles.